The molecule has 1 aliphatic heterocycles. The van der Waals surface area contributed by atoms with E-state index >= 15 is 0 Å². The Morgan fingerprint density at radius 1 is 1.25 bits per heavy atom. The highest BCUT2D eigenvalue weighted by molar-refractivity contribution is 6.22. The van der Waals surface area contributed by atoms with Crippen molar-refractivity contribution in [1.29, 1.82) is 0 Å². The van der Waals surface area contributed by atoms with Crippen LogP contribution in [0, 0.1) is 11.8 Å². The van der Waals surface area contributed by atoms with Crippen LogP contribution in [0.15, 0.2) is 18.5 Å². The van der Waals surface area contributed by atoms with Crippen LogP contribution >= 0.6 is 0 Å². The van der Waals surface area contributed by atoms with Crippen LogP contribution in [-0.2, 0) is 9.59 Å². The van der Waals surface area contributed by atoms with Gasteiger partial charge in [-0.25, -0.2) is 4.90 Å². The number of hydrogen-bond donors (Lipinski definition) is 1. The monoisotopic (exact) mass is 219 g/mol. The van der Waals surface area contributed by atoms with Crippen LogP contribution in [0.1, 0.15) is 13.8 Å². The largest absolute Gasteiger partial charge is 0.396 e. The van der Waals surface area contributed by atoms with E-state index in [9.17, 15) is 9.59 Å². The summed E-state index contributed by atoms with van der Waals surface area (Å²) in [5.74, 6) is -0.981. The molecule has 1 aromatic rings. The molecule has 2 rings (SSSR count). The maximum Gasteiger partial charge on any atom is 0.237 e. The molecule has 5 nitrogen and oxygen atoms in total. The highest BCUT2D eigenvalue weighted by Gasteiger charge is 2.43. The zero-order valence-electron chi connectivity index (χ0n) is 9.18. The summed E-state index contributed by atoms with van der Waals surface area (Å²) in [5, 5.41) is 0. The SMILES string of the molecule is CC1C(=O)N(c2ccncc2N)C(=O)C1C. The number of anilines is 2. The summed E-state index contributed by atoms with van der Waals surface area (Å²) in [6, 6.07) is 1.58. The lowest BCUT2D eigenvalue weighted by molar-refractivity contribution is -0.122. The summed E-state index contributed by atoms with van der Waals surface area (Å²) in [7, 11) is 0. The number of nitrogens with two attached hydrogens (primary N) is 1. The zero-order chi connectivity index (χ0) is 11.9. The van der Waals surface area contributed by atoms with Crippen molar-refractivity contribution < 1.29 is 9.59 Å². The quantitative estimate of drug-likeness (QED) is 0.709. The van der Waals surface area contributed by atoms with Gasteiger partial charge in [0.15, 0.2) is 0 Å². The molecule has 84 valence electrons. The van der Waals surface area contributed by atoms with Gasteiger partial charge < -0.3 is 5.73 Å². The molecule has 0 saturated carbocycles. The lowest BCUT2D eigenvalue weighted by atomic mass is 10.00. The molecular weight excluding hydrogens is 206 g/mol. The first-order valence-electron chi connectivity index (χ1n) is 5.11. The first kappa shape index (κ1) is 10.6. The topological polar surface area (TPSA) is 76.3 Å². The zero-order valence-corrected chi connectivity index (χ0v) is 9.18. The van der Waals surface area contributed by atoms with Crippen molar-refractivity contribution in [2.75, 3.05) is 10.6 Å². The molecule has 5 heteroatoms. The second-order valence-corrected chi connectivity index (χ2v) is 4.02. The molecule has 0 spiro atoms. The molecule has 16 heavy (non-hydrogen) atoms. The molecule has 2 atom stereocenters. The molecule has 0 bridgehead atoms. The first-order chi connectivity index (χ1) is 7.54. The van der Waals surface area contributed by atoms with Crippen LogP contribution in [0.2, 0.25) is 0 Å². The number of aromatic nitrogens is 1. The molecule has 2 heterocycles. The van der Waals surface area contributed by atoms with Gasteiger partial charge >= 0.3 is 0 Å². The minimum Gasteiger partial charge on any atom is -0.396 e. The Morgan fingerprint density at radius 2 is 1.81 bits per heavy atom. The fourth-order valence-electron chi connectivity index (χ4n) is 1.78. The number of carbonyl (C=O) groups excluding carboxylic acids is 2. The molecule has 2 N–H and O–H groups in total. The third kappa shape index (κ3) is 1.36. The van der Waals surface area contributed by atoms with E-state index in [0.717, 1.165) is 4.90 Å². The Labute approximate surface area is 93.3 Å². The Bertz CT molecular complexity index is 438. The van der Waals surface area contributed by atoms with Gasteiger partial charge in [-0.1, -0.05) is 13.8 Å². The van der Waals surface area contributed by atoms with E-state index < -0.39 is 0 Å². The maximum atomic E-state index is 11.9. The second-order valence-electron chi connectivity index (χ2n) is 4.02. The van der Waals surface area contributed by atoms with Gasteiger partial charge in [0.05, 0.1) is 17.6 Å². The van der Waals surface area contributed by atoms with Gasteiger partial charge in [0.2, 0.25) is 11.8 Å². The van der Waals surface area contributed by atoms with Crippen LogP contribution in [0.3, 0.4) is 0 Å². The van der Waals surface area contributed by atoms with E-state index in [-0.39, 0.29) is 23.7 Å². The van der Waals surface area contributed by atoms with Gasteiger partial charge in [0.1, 0.15) is 0 Å². The van der Waals surface area contributed by atoms with Gasteiger partial charge in [-0.2, -0.15) is 0 Å². The number of carbonyl (C=O) groups is 2. The number of nitrogens with zero attached hydrogens (tertiary/aromatic N) is 2. The molecule has 0 aromatic carbocycles. The lowest BCUT2D eigenvalue weighted by Gasteiger charge is -2.15. The predicted molar refractivity (Wildman–Crippen MR) is 59.5 cm³/mol. The minimum absolute atomic E-state index is 0.199. The van der Waals surface area contributed by atoms with Crippen molar-refractivity contribution in [2.45, 2.75) is 13.8 Å². The van der Waals surface area contributed by atoms with Crippen LogP contribution in [-0.4, -0.2) is 16.8 Å². The number of rotatable bonds is 1. The van der Waals surface area contributed by atoms with E-state index in [0.29, 0.717) is 11.4 Å². The molecule has 1 aromatic heterocycles. The van der Waals surface area contributed by atoms with Crippen LogP contribution in [0.25, 0.3) is 0 Å². The third-order valence-corrected chi connectivity index (χ3v) is 3.04. The molecule has 1 fully saturated rings. The summed E-state index contributed by atoms with van der Waals surface area (Å²) in [4.78, 5) is 28.8. The third-order valence-electron chi connectivity index (χ3n) is 3.04. The molecule has 0 radical (unpaired) electrons. The van der Waals surface area contributed by atoms with Gasteiger partial charge in [0.25, 0.3) is 0 Å². The molecule has 1 aliphatic rings. The minimum atomic E-state index is -0.292. The van der Waals surface area contributed by atoms with E-state index in [2.05, 4.69) is 4.98 Å². The molecule has 2 unspecified atom stereocenters. The summed E-state index contributed by atoms with van der Waals surface area (Å²) in [6.07, 6.45) is 2.95. The van der Waals surface area contributed by atoms with E-state index in [1.165, 1.54) is 12.4 Å². The average Bonchev–Trinajstić information content (AvgIpc) is 2.45. The normalized spacial score (nSPS) is 25.2. The van der Waals surface area contributed by atoms with Crippen molar-refractivity contribution in [3.8, 4) is 0 Å². The Balaban J connectivity index is 2.47. The summed E-state index contributed by atoms with van der Waals surface area (Å²) < 4.78 is 0. The number of imide groups is 1. The molecule has 1 saturated heterocycles. The highest BCUT2D eigenvalue weighted by Crippen LogP contribution is 2.32. The van der Waals surface area contributed by atoms with E-state index in [1.54, 1.807) is 19.9 Å². The second kappa shape index (κ2) is 3.59. The van der Waals surface area contributed by atoms with Crippen LogP contribution < -0.4 is 10.6 Å². The number of nitrogen functional groups attached to an aromatic ring is 1. The molecule has 2 amide bonds. The summed E-state index contributed by atoms with van der Waals surface area (Å²) in [6.45, 7) is 3.50. The average molecular weight is 219 g/mol. The van der Waals surface area contributed by atoms with Gasteiger partial charge in [-0.3, -0.25) is 14.6 Å². The first-order valence-corrected chi connectivity index (χ1v) is 5.11. The lowest BCUT2D eigenvalue weighted by Crippen LogP contribution is -2.31. The van der Waals surface area contributed by atoms with Crippen molar-refractivity contribution >= 4 is 23.2 Å². The van der Waals surface area contributed by atoms with E-state index in [1.807, 2.05) is 0 Å². The predicted octanol–water partition coefficient (Wildman–Crippen LogP) is 0.809. The van der Waals surface area contributed by atoms with Gasteiger partial charge in [-0.05, 0) is 6.07 Å². The Morgan fingerprint density at radius 3 is 2.31 bits per heavy atom. The number of hydrogen-bond acceptors (Lipinski definition) is 4. The van der Waals surface area contributed by atoms with E-state index in [4.69, 9.17) is 5.73 Å². The number of amides is 2. The van der Waals surface area contributed by atoms with Crippen LogP contribution in [0.4, 0.5) is 11.4 Å². The summed E-state index contributed by atoms with van der Waals surface area (Å²) in [5.41, 5.74) is 6.48. The van der Waals surface area contributed by atoms with Crippen LogP contribution in [0.5, 0.6) is 0 Å². The number of pyridine rings is 1. The van der Waals surface area contributed by atoms with Crippen molar-refractivity contribution in [3.63, 3.8) is 0 Å². The fraction of sp³-hybridized carbons (Fsp3) is 0.364. The highest BCUT2D eigenvalue weighted by atomic mass is 16.2. The smallest absolute Gasteiger partial charge is 0.237 e. The molecule has 0 aliphatic carbocycles. The van der Waals surface area contributed by atoms with Crippen molar-refractivity contribution in [2.24, 2.45) is 11.8 Å². The van der Waals surface area contributed by atoms with Gasteiger partial charge in [-0.15, -0.1) is 0 Å². The Kier molecular flexibility index (Phi) is 2.38. The molecular formula is C11H13N3O2. The van der Waals surface area contributed by atoms with Crippen molar-refractivity contribution in [1.82, 2.24) is 4.98 Å². The fourth-order valence-corrected chi connectivity index (χ4v) is 1.78. The maximum absolute atomic E-state index is 11.9. The van der Waals surface area contributed by atoms with Crippen molar-refractivity contribution in [3.05, 3.63) is 18.5 Å². The van der Waals surface area contributed by atoms with Gasteiger partial charge in [0, 0.05) is 18.0 Å². The summed E-state index contributed by atoms with van der Waals surface area (Å²) >= 11 is 0. The standard InChI is InChI=1S/C11H13N3O2/c1-6-7(2)11(16)14(10(6)15)9-3-4-13-5-8(9)12/h3-7H,12H2,1-2H3. The Hall–Kier alpha value is -1.91.